The molecule has 0 bridgehead atoms. The number of hydrogen-bond donors (Lipinski definition) is 1. The maximum Gasteiger partial charge on any atom is 2.00 e. The second kappa shape index (κ2) is 12.9. The van der Waals surface area contributed by atoms with Crippen LogP contribution in [0.2, 0.25) is 0 Å². The van der Waals surface area contributed by atoms with E-state index >= 15 is 0 Å². The predicted molar refractivity (Wildman–Crippen MR) is 86.1 cm³/mol. The van der Waals surface area contributed by atoms with E-state index in [0.717, 1.165) is 5.56 Å². The molecule has 0 aromatic heterocycles. The maximum absolute atomic E-state index is 10.7. The SMILES string of the molecule is C[C@@H]([C@H](O)c1ccccc1)N(C)C.O=S(=O)([O-])C(F)(F)F.O=S(=O)([O-])C(F)(F)F.[Zn+2]. The monoisotopic (exact) mass is 541 g/mol. The average Bonchev–Trinajstić information content (AvgIpc) is 2.51. The molecule has 0 amide bonds. The zero-order chi connectivity index (χ0) is 23.8. The Morgan fingerprint density at radius 3 is 1.33 bits per heavy atom. The Balaban J connectivity index is -0.000000378. The number of likely N-dealkylation sites (N-methyl/N-ethyl adjacent to an activating group) is 1. The minimum Gasteiger partial charge on any atom is -0.741 e. The molecule has 8 nitrogen and oxygen atoms in total. The Bertz CT molecular complexity index is 773. The summed E-state index contributed by atoms with van der Waals surface area (Å²) in [5, 5.41) is 9.92. The molecular weight excluding hydrogens is 526 g/mol. The largest absolute Gasteiger partial charge is 2.00 e. The number of halogens is 6. The fourth-order valence-corrected chi connectivity index (χ4v) is 1.21. The molecule has 0 heterocycles. The summed E-state index contributed by atoms with van der Waals surface area (Å²) in [6.07, 6.45) is -0.406. The minimum absolute atomic E-state index is 0. The van der Waals surface area contributed by atoms with Gasteiger partial charge in [0, 0.05) is 6.04 Å². The first-order chi connectivity index (χ1) is 12.6. The fourth-order valence-electron chi connectivity index (χ4n) is 1.21. The molecule has 0 unspecified atom stereocenters. The van der Waals surface area contributed by atoms with Crippen LogP contribution < -0.4 is 0 Å². The van der Waals surface area contributed by atoms with Gasteiger partial charge >= 0.3 is 30.5 Å². The summed E-state index contributed by atoms with van der Waals surface area (Å²) in [6, 6.07) is 9.88. The van der Waals surface area contributed by atoms with E-state index in [9.17, 15) is 31.4 Å². The summed E-state index contributed by atoms with van der Waals surface area (Å²) >= 11 is 0. The smallest absolute Gasteiger partial charge is 0.741 e. The minimum atomic E-state index is -6.09. The Hall–Kier alpha value is -0.837. The molecule has 2 atom stereocenters. The van der Waals surface area contributed by atoms with Gasteiger partial charge < -0.3 is 19.1 Å². The van der Waals surface area contributed by atoms with Gasteiger partial charge in [0.1, 0.15) is 0 Å². The Morgan fingerprint density at radius 1 is 0.867 bits per heavy atom. The van der Waals surface area contributed by atoms with E-state index < -0.39 is 37.4 Å². The van der Waals surface area contributed by atoms with Crippen molar-refractivity contribution >= 4 is 20.2 Å². The van der Waals surface area contributed by atoms with E-state index in [1.54, 1.807) is 0 Å². The van der Waals surface area contributed by atoms with Gasteiger partial charge in [-0.15, -0.1) is 0 Å². The van der Waals surface area contributed by atoms with Crippen molar-refractivity contribution in [1.82, 2.24) is 4.90 Å². The van der Waals surface area contributed by atoms with Crippen LogP contribution in [-0.4, -0.2) is 67.1 Å². The Kier molecular flexibility index (Phi) is 14.5. The molecule has 0 spiro atoms. The Morgan fingerprint density at radius 2 is 1.13 bits per heavy atom. The van der Waals surface area contributed by atoms with Gasteiger partial charge in [0.05, 0.1) is 6.10 Å². The van der Waals surface area contributed by atoms with Crippen LogP contribution in [0.5, 0.6) is 0 Å². The van der Waals surface area contributed by atoms with Crippen LogP contribution in [0.25, 0.3) is 0 Å². The van der Waals surface area contributed by atoms with Crippen LogP contribution in [0, 0.1) is 0 Å². The standard InChI is InChI=1S/C11H17NO.2CHF3O3S.Zn/c1-9(12(2)3)11(13)10-7-5-4-6-8-10;2*2-1(3,4)8(5,6)7;/h4-9,11,13H,1-3H3;2*(H,5,6,7);/q;;;+2/p-2/t9-,11-;;;/m0.../s1. The summed E-state index contributed by atoms with van der Waals surface area (Å²) in [5.74, 6) is 0. The van der Waals surface area contributed by atoms with Crippen molar-refractivity contribution in [1.29, 1.82) is 0 Å². The third kappa shape index (κ3) is 13.5. The van der Waals surface area contributed by atoms with Crippen molar-refractivity contribution in [2.75, 3.05) is 14.1 Å². The molecule has 1 rings (SSSR count). The molecule has 30 heavy (non-hydrogen) atoms. The summed E-state index contributed by atoms with van der Waals surface area (Å²) in [4.78, 5) is 2.01. The molecule has 0 saturated heterocycles. The van der Waals surface area contributed by atoms with Crippen LogP contribution in [-0.2, 0) is 39.7 Å². The van der Waals surface area contributed by atoms with E-state index in [-0.39, 0.29) is 25.5 Å². The predicted octanol–water partition coefficient (Wildman–Crippen LogP) is 1.77. The molecule has 0 aliphatic heterocycles. The first-order valence-corrected chi connectivity index (χ1v) is 9.88. The quantitative estimate of drug-likeness (QED) is 0.264. The van der Waals surface area contributed by atoms with Gasteiger partial charge in [0.25, 0.3) is 0 Å². The number of alkyl halides is 6. The first-order valence-electron chi connectivity index (χ1n) is 7.06. The molecule has 1 aromatic carbocycles. The molecule has 17 heteroatoms. The van der Waals surface area contributed by atoms with Gasteiger partial charge in [-0.05, 0) is 26.6 Å². The number of hydrogen-bond acceptors (Lipinski definition) is 8. The van der Waals surface area contributed by atoms with Crippen molar-refractivity contribution in [3.05, 3.63) is 35.9 Å². The molecule has 0 fully saturated rings. The summed E-state index contributed by atoms with van der Waals surface area (Å²) in [6.45, 7) is 2.01. The van der Waals surface area contributed by atoms with Crippen molar-refractivity contribution in [2.24, 2.45) is 0 Å². The van der Waals surface area contributed by atoms with E-state index in [1.165, 1.54) is 0 Å². The van der Waals surface area contributed by atoms with E-state index in [2.05, 4.69) is 0 Å². The summed E-state index contributed by atoms with van der Waals surface area (Å²) < 4.78 is 118. The normalized spacial score (nSPS) is 14.3. The number of aliphatic hydroxyl groups excluding tert-OH is 1. The van der Waals surface area contributed by atoms with Crippen LogP contribution in [0.15, 0.2) is 30.3 Å². The van der Waals surface area contributed by atoms with Gasteiger partial charge in [-0.1, -0.05) is 30.3 Å². The molecule has 0 aliphatic carbocycles. The van der Waals surface area contributed by atoms with E-state index in [0.29, 0.717) is 0 Å². The second-order valence-corrected chi connectivity index (χ2v) is 8.10. The number of rotatable bonds is 3. The molecule has 0 saturated carbocycles. The molecule has 1 aromatic rings. The topological polar surface area (TPSA) is 138 Å². The number of benzene rings is 1. The van der Waals surface area contributed by atoms with Gasteiger partial charge in [-0.3, -0.25) is 0 Å². The second-order valence-electron chi connectivity index (χ2n) is 5.36. The average molecular weight is 543 g/mol. The third-order valence-corrected chi connectivity index (χ3v) is 4.11. The molecule has 1 N–H and O–H groups in total. The molecule has 0 aliphatic rings. The summed E-state index contributed by atoms with van der Waals surface area (Å²) in [7, 11) is -8.24. The van der Waals surface area contributed by atoms with E-state index in [4.69, 9.17) is 25.9 Å². The van der Waals surface area contributed by atoms with Crippen LogP contribution >= 0.6 is 0 Å². The van der Waals surface area contributed by atoms with Crippen molar-refractivity contribution in [2.45, 2.75) is 30.1 Å². The molecule has 172 valence electrons. The van der Waals surface area contributed by atoms with Crippen LogP contribution in [0.3, 0.4) is 0 Å². The van der Waals surface area contributed by atoms with Gasteiger partial charge in [0.15, 0.2) is 20.2 Å². The summed E-state index contributed by atoms with van der Waals surface area (Å²) in [5.41, 5.74) is -10.3. The zero-order valence-electron chi connectivity index (χ0n) is 15.7. The van der Waals surface area contributed by atoms with Gasteiger partial charge in [-0.25, -0.2) is 16.8 Å². The fraction of sp³-hybridized carbons (Fsp3) is 0.538. The molecule has 0 radical (unpaired) electrons. The Labute approximate surface area is 182 Å². The van der Waals surface area contributed by atoms with Crippen LogP contribution in [0.1, 0.15) is 18.6 Å². The maximum atomic E-state index is 10.7. The number of nitrogens with zero attached hydrogens (tertiary/aromatic N) is 1. The van der Waals surface area contributed by atoms with Crippen molar-refractivity contribution < 1.29 is 76.9 Å². The van der Waals surface area contributed by atoms with Gasteiger partial charge in [-0.2, -0.15) is 26.3 Å². The molecular formula is C13H17F6NO7S2Zn. The third-order valence-electron chi connectivity index (χ3n) is 2.98. The van der Waals surface area contributed by atoms with Crippen molar-refractivity contribution in [3.63, 3.8) is 0 Å². The van der Waals surface area contributed by atoms with Crippen molar-refractivity contribution in [3.8, 4) is 0 Å². The van der Waals surface area contributed by atoms with E-state index in [1.807, 2.05) is 56.3 Å². The zero-order valence-corrected chi connectivity index (χ0v) is 20.3. The van der Waals surface area contributed by atoms with Gasteiger partial charge in [0.2, 0.25) is 0 Å². The first kappa shape index (κ1) is 33.8. The number of aliphatic hydroxyl groups is 1. The van der Waals surface area contributed by atoms with Crippen LogP contribution in [0.4, 0.5) is 26.3 Å².